The molecule has 4 rings (SSSR count). The Kier molecular flexibility index (Phi) is 7.48. The van der Waals surface area contributed by atoms with Gasteiger partial charge in [0.2, 0.25) is 5.90 Å². The van der Waals surface area contributed by atoms with Gasteiger partial charge in [0.05, 0.1) is 13.9 Å². The topological polar surface area (TPSA) is 91.0 Å². The first-order valence-corrected chi connectivity index (χ1v) is 12.5. The minimum absolute atomic E-state index is 0.0107. The third kappa shape index (κ3) is 5.56. The van der Waals surface area contributed by atoms with Gasteiger partial charge in [-0.25, -0.2) is 9.79 Å². The van der Waals surface area contributed by atoms with E-state index >= 15 is 0 Å². The standard InChI is InChI=1S/C24H15Br2IN2O5/c1-13-7-16(5-6-21(13)29(31)32)23-28-20(24(30)34-23)11-15-9-18(25)22(19(26)10-15)33-12-14-3-2-4-17(27)8-14/h2-11H,12H2,1H3/b20-11-. The molecule has 1 aliphatic heterocycles. The molecule has 0 unspecified atom stereocenters. The summed E-state index contributed by atoms with van der Waals surface area (Å²) in [5.74, 6) is 0.141. The highest BCUT2D eigenvalue weighted by atomic mass is 127. The fourth-order valence-electron chi connectivity index (χ4n) is 3.27. The molecule has 0 aromatic heterocycles. The molecule has 0 saturated heterocycles. The smallest absolute Gasteiger partial charge is 0.363 e. The third-order valence-electron chi connectivity index (χ3n) is 4.86. The van der Waals surface area contributed by atoms with Crippen LogP contribution in [-0.2, 0) is 16.1 Å². The van der Waals surface area contributed by atoms with Gasteiger partial charge in [0.1, 0.15) is 12.4 Å². The number of esters is 1. The van der Waals surface area contributed by atoms with E-state index < -0.39 is 10.9 Å². The summed E-state index contributed by atoms with van der Waals surface area (Å²) < 4.78 is 13.8. The molecule has 0 saturated carbocycles. The average molecular weight is 698 g/mol. The zero-order chi connectivity index (χ0) is 24.4. The summed E-state index contributed by atoms with van der Waals surface area (Å²) in [6.07, 6.45) is 1.60. The monoisotopic (exact) mass is 696 g/mol. The van der Waals surface area contributed by atoms with Crippen molar-refractivity contribution in [1.29, 1.82) is 0 Å². The molecule has 0 amide bonds. The van der Waals surface area contributed by atoms with E-state index in [1.807, 2.05) is 30.3 Å². The maximum Gasteiger partial charge on any atom is 0.363 e. The Morgan fingerprint density at radius 3 is 2.53 bits per heavy atom. The number of carbonyl (C=O) groups is 1. The molecule has 0 spiro atoms. The highest BCUT2D eigenvalue weighted by molar-refractivity contribution is 14.1. The molecule has 0 fully saturated rings. The van der Waals surface area contributed by atoms with Crippen molar-refractivity contribution in [2.75, 3.05) is 0 Å². The second-order valence-corrected chi connectivity index (χ2v) is 10.3. The Morgan fingerprint density at radius 2 is 1.88 bits per heavy atom. The predicted molar refractivity (Wildman–Crippen MR) is 144 cm³/mol. The molecular formula is C24H15Br2IN2O5. The number of nitrogens with zero attached hydrogens (tertiary/aromatic N) is 2. The molecule has 3 aromatic rings. The van der Waals surface area contributed by atoms with E-state index in [-0.39, 0.29) is 17.3 Å². The summed E-state index contributed by atoms with van der Waals surface area (Å²) in [5, 5.41) is 11.0. The number of rotatable bonds is 6. The van der Waals surface area contributed by atoms with Gasteiger partial charge >= 0.3 is 5.97 Å². The number of nitro benzene ring substituents is 1. The van der Waals surface area contributed by atoms with Gasteiger partial charge in [-0.3, -0.25) is 10.1 Å². The molecule has 10 heteroatoms. The molecule has 0 radical (unpaired) electrons. The number of hydrogen-bond donors (Lipinski definition) is 0. The molecule has 0 atom stereocenters. The minimum atomic E-state index is -0.600. The molecule has 0 aliphatic carbocycles. The summed E-state index contributed by atoms with van der Waals surface area (Å²) in [6, 6.07) is 16.1. The van der Waals surface area contributed by atoms with Gasteiger partial charge in [-0.1, -0.05) is 12.1 Å². The summed E-state index contributed by atoms with van der Waals surface area (Å²) in [6.45, 7) is 2.02. The number of nitro groups is 1. The molecule has 1 aliphatic rings. The van der Waals surface area contributed by atoms with Gasteiger partial charge in [0.15, 0.2) is 5.70 Å². The Hall–Kier alpha value is -2.57. The van der Waals surface area contributed by atoms with E-state index in [9.17, 15) is 14.9 Å². The zero-order valence-electron chi connectivity index (χ0n) is 17.6. The van der Waals surface area contributed by atoms with Crippen molar-refractivity contribution >= 4 is 78.1 Å². The largest absolute Gasteiger partial charge is 0.487 e. The highest BCUT2D eigenvalue weighted by Gasteiger charge is 2.25. The lowest BCUT2D eigenvalue weighted by molar-refractivity contribution is -0.385. The number of benzene rings is 3. The third-order valence-corrected chi connectivity index (χ3v) is 6.71. The number of hydrogen-bond acceptors (Lipinski definition) is 6. The van der Waals surface area contributed by atoms with Crippen LogP contribution in [0.3, 0.4) is 0 Å². The Bertz CT molecular complexity index is 1360. The van der Waals surface area contributed by atoms with Crippen LogP contribution in [0.5, 0.6) is 5.75 Å². The Balaban J connectivity index is 1.56. The average Bonchev–Trinajstić information content (AvgIpc) is 3.13. The lowest BCUT2D eigenvalue weighted by Gasteiger charge is -2.12. The molecule has 0 bridgehead atoms. The first kappa shape index (κ1) is 24.6. The molecular weight excluding hydrogens is 683 g/mol. The maximum atomic E-state index is 12.4. The minimum Gasteiger partial charge on any atom is -0.487 e. The molecule has 0 N–H and O–H groups in total. The van der Waals surface area contributed by atoms with Gasteiger partial charge in [-0.2, -0.15) is 0 Å². The molecule has 7 nitrogen and oxygen atoms in total. The van der Waals surface area contributed by atoms with Crippen LogP contribution in [0.2, 0.25) is 0 Å². The van der Waals surface area contributed by atoms with Crippen molar-refractivity contribution in [3.05, 3.63) is 105 Å². The first-order chi connectivity index (χ1) is 16.2. The predicted octanol–water partition coefficient (Wildman–Crippen LogP) is 6.96. The second kappa shape index (κ2) is 10.4. The van der Waals surface area contributed by atoms with Crippen LogP contribution >= 0.6 is 54.5 Å². The van der Waals surface area contributed by atoms with Crippen LogP contribution in [0, 0.1) is 20.6 Å². The van der Waals surface area contributed by atoms with Crippen LogP contribution in [0.1, 0.15) is 22.3 Å². The van der Waals surface area contributed by atoms with Crippen molar-refractivity contribution in [2.24, 2.45) is 4.99 Å². The lowest BCUT2D eigenvalue weighted by Crippen LogP contribution is -2.06. The van der Waals surface area contributed by atoms with Gasteiger partial charge in [-0.15, -0.1) is 0 Å². The number of aliphatic imine (C=N–C) groups is 1. The summed E-state index contributed by atoms with van der Waals surface area (Å²) >= 11 is 9.32. The van der Waals surface area contributed by atoms with Gasteiger partial charge in [0, 0.05) is 20.8 Å². The van der Waals surface area contributed by atoms with Crippen LogP contribution in [0.4, 0.5) is 5.69 Å². The van der Waals surface area contributed by atoms with Gasteiger partial charge < -0.3 is 9.47 Å². The number of aryl methyl sites for hydroxylation is 1. The molecule has 172 valence electrons. The Labute approximate surface area is 225 Å². The van der Waals surface area contributed by atoms with Crippen LogP contribution < -0.4 is 4.74 Å². The zero-order valence-corrected chi connectivity index (χ0v) is 22.9. The van der Waals surface area contributed by atoms with Crippen molar-refractivity contribution in [3.63, 3.8) is 0 Å². The van der Waals surface area contributed by atoms with E-state index in [0.717, 1.165) is 9.13 Å². The summed E-state index contributed by atoms with van der Waals surface area (Å²) in [4.78, 5) is 27.2. The maximum absolute atomic E-state index is 12.4. The lowest BCUT2D eigenvalue weighted by atomic mass is 10.1. The molecule has 34 heavy (non-hydrogen) atoms. The van der Waals surface area contributed by atoms with Gasteiger partial charge in [-0.05, 0) is 115 Å². The summed E-state index contributed by atoms with van der Waals surface area (Å²) in [7, 11) is 0. The number of ether oxygens (including phenoxy) is 2. The van der Waals surface area contributed by atoms with Crippen LogP contribution in [0.25, 0.3) is 6.08 Å². The quantitative estimate of drug-likeness (QED) is 0.0914. The fraction of sp³-hybridized carbons (Fsp3) is 0.0833. The van der Waals surface area contributed by atoms with Crippen LogP contribution in [0.15, 0.2) is 74.2 Å². The molecule has 3 aromatic carbocycles. The van der Waals surface area contributed by atoms with E-state index in [0.29, 0.717) is 38.0 Å². The first-order valence-electron chi connectivity index (χ1n) is 9.85. The number of halogens is 3. The number of carbonyl (C=O) groups excluding carboxylic acids is 1. The van der Waals surface area contributed by atoms with Crippen LogP contribution in [-0.4, -0.2) is 16.8 Å². The fourth-order valence-corrected chi connectivity index (χ4v) is 5.33. The normalized spacial score (nSPS) is 14.2. The molecule has 1 heterocycles. The number of cyclic esters (lactones) is 1. The van der Waals surface area contributed by atoms with Crippen molar-refractivity contribution in [1.82, 2.24) is 0 Å². The summed E-state index contributed by atoms with van der Waals surface area (Å²) in [5.41, 5.74) is 2.81. The second-order valence-electron chi connectivity index (χ2n) is 7.33. The highest BCUT2D eigenvalue weighted by Crippen LogP contribution is 2.36. The SMILES string of the molecule is Cc1cc(C2=N/C(=C\c3cc(Br)c(OCc4cccc(I)c4)c(Br)c3)C(=O)O2)ccc1[N+](=O)[O-]. The van der Waals surface area contributed by atoms with Crippen molar-refractivity contribution in [3.8, 4) is 5.75 Å². The van der Waals surface area contributed by atoms with E-state index in [4.69, 9.17) is 9.47 Å². The van der Waals surface area contributed by atoms with Crippen molar-refractivity contribution < 1.29 is 19.2 Å². The van der Waals surface area contributed by atoms with E-state index in [1.54, 1.807) is 19.1 Å². The van der Waals surface area contributed by atoms with Gasteiger partial charge in [0.25, 0.3) is 5.69 Å². The van der Waals surface area contributed by atoms with Crippen molar-refractivity contribution in [2.45, 2.75) is 13.5 Å². The van der Waals surface area contributed by atoms with E-state index in [2.05, 4.69) is 65.5 Å². The van der Waals surface area contributed by atoms with E-state index in [1.165, 1.54) is 12.1 Å². The Morgan fingerprint density at radius 1 is 1.15 bits per heavy atom.